The SMILES string of the molecule is CCS(=O)(=O)c1ccc(C(N)CCC(=O)OC)cc1. The van der Waals surface area contributed by atoms with Gasteiger partial charge in [0.1, 0.15) is 0 Å². The Hall–Kier alpha value is -1.40. The molecule has 0 amide bonds. The fourth-order valence-corrected chi connectivity index (χ4v) is 2.52. The van der Waals surface area contributed by atoms with Crippen molar-refractivity contribution >= 4 is 15.8 Å². The Labute approximate surface area is 113 Å². The summed E-state index contributed by atoms with van der Waals surface area (Å²) in [6.07, 6.45) is 0.708. The van der Waals surface area contributed by atoms with E-state index in [0.717, 1.165) is 5.56 Å². The predicted octanol–water partition coefficient (Wildman–Crippen LogP) is 1.43. The highest BCUT2D eigenvalue weighted by molar-refractivity contribution is 7.91. The number of rotatable bonds is 6. The first kappa shape index (κ1) is 15.7. The first-order valence-electron chi connectivity index (χ1n) is 6.05. The van der Waals surface area contributed by atoms with Gasteiger partial charge in [0.15, 0.2) is 9.84 Å². The Morgan fingerprint density at radius 1 is 1.32 bits per heavy atom. The average molecular weight is 285 g/mol. The zero-order valence-corrected chi connectivity index (χ0v) is 11.9. The molecule has 5 nitrogen and oxygen atoms in total. The highest BCUT2D eigenvalue weighted by Gasteiger charge is 2.13. The molecule has 1 atom stereocenters. The molecule has 1 aromatic carbocycles. The second-order valence-corrected chi connectivity index (χ2v) is 6.47. The minimum Gasteiger partial charge on any atom is -0.469 e. The Morgan fingerprint density at radius 2 is 1.89 bits per heavy atom. The van der Waals surface area contributed by atoms with Crippen LogP contribution in [0.4, 0.5) is 0 Å². The first-order valence-corrected chi connectivity index (χ1v) is 7.71. The summed E-state index contributed by atoms with van der Waals surface area (Å²) in [5.74, 6) is -0.235. The van der Waals surface area contributed by atoms with E-state index in [4.69, 9.17) is 5.73 Å². The van der Waals surface area contributed by atoms with Crippen molar-refractivity contribution in [2.24, 2.45) is 5.73 Å². The Kier molecular flexibility index (Phi) is 5.50. The van der Waals surface area contributed by atoms with Crippen molar-refractivity contribution < 1.29 is 17.9 Å². The number of benzene rings is 1. The monoisotopic (exact) mass is 285 g/mol. The summed E-state index contributed by atoms with van der Waals surface area (Å²) in [7, 11) is -1.85. The number of hydrogen-bond donors (Lipinski definition) is 1. The van der Waals surface area contributed by atoms with Crippen molar-refractivity contribution in [2.75, 3.05) is 12.9 Å². The van der Waals surface area contributed by atoms with Crippen LogP contribution in [0.3, 0.4) is 0 Å². The third-order valence-corrected chi connectivity index (χ3v) is 4.69. The zero-order valence-electron chi connectivity index (χ0n) is 11.1. The van der Waals surface area contributed by atoms with E-state index in [-0.39, 0.29) is 24.2 Å². The Bertz CT molecular complexity index is 522. The molecule has 0 saturated carbocycles. The third-order valence-electron chi connectivity index (χ3n) is 2.93. The van der Waals surface area contributed by atoms with Gasteiger partial charge in [-0.2, -0.15) is 0 Å². The Balaban J connectivity index is 2.74. The molecule has 0 aliphatic carbocycles. The molecule has 19 heavy (non-hydrogen) atoms. The normalized spacial score (nSPS) is 13.0. The van der Waals surface area contributed by atoms with E-state index < -0.39 is 9.84 Å². The summed E-state index contributed by atoms with van der Waals surface area (Å²) in [5.41, 5.74) is 6.74. The number of nitrogens with two attached hydrogens (primary N) is 1. The van der Waals surface area contributed by atoms with E-state index in [0.29, 0.717) is 11.3 Å². The molecule has 0 saturated heterocycles. The quantitative estimate of drug-likeness (QED) is 0.799. The number of carbonyl (C=O) groups is 1. The molecule has 0 aliphatic heterocycles. The minimum absolute atomic E-state index is 0.0702. The topological polar surface area (TPSA) is 86.5 Å². The van der Waals surface area contributed by atoms with Gasteiger partial charge in [0.2, 0.25) is 0 Å². The van der Waals surface area contributed by atoms with Gasteiger partial charge in [-0.1, -0.05) is 19.1 Å². The number of carbonyl (C=O) groups excluding carboxylic acids is 1. The second kappa shape index (κ2) is 6.68. The van der Waals surface area contributed by atoms with Crippen LogP contribution in [0.2, 0.25) is 0 Å². The van der Waals surface area contributed by atoms with Crippen LogP contribution >= 0.6 is 0 Å². The third kappa shape index (κ3) is 4.33. The lowest BCUT2D eigenvalue weighted by atomic mass is 10.0. The van der Waals surface area contributed by atoms with Crippen LogP contribution in [0.1, 0.15) is 31.4 Å². The molecule has 2 N–H and O–H groups in total. The summed E-state index contributed by atoms with van der Waals surface area (Å²) in [6, 6.07) is 6.16. The van der Waals surface area contributed by atoms with E-state index >= 15 is 0 Å². The molecule has 6 heteroatoms. The molecule has 1 unspecified atom stereocenters. The molecular formula is C13H19NO4S. The van der Waals surface area contributed by atoms with Gasteiger partial charge in [-0.05, 0) is 24.1 Å². The maximum atomic E-state index is 11.6. The van der Waals surface area contributed by atoms with Crippen molar-refractivity contribution in [2.45, 2.75) is 30.7 Å². The summed E-state index contributed by atoms with van der Waals surface area (Å²) in [4.78, 5) is 11.3. The molecule has 0 radical (unpaired) electrons. The van der Waals surface area contributed by atoms with Crippen LogP contribution in [0.5, 0.6) is 0 Å². The highest BCUT2D eigenvalue weighted by atomic mass is 32.2. The van der Waals surface area contributed by atoms with Crippen LogP contribution < -0.4 is 5.73 Å². The van der Waals surface area contributed by atoms with E-state index in [9.17, 15) is 13.2 Å². The number of ether oxygens (including phenoxy) is 1. The molecule has 0 fully saturated rings. The Morgan fingerprint density at radius 3 is 2.37 bits per heavy atom. The van der Waals surface area contributed by atoms with Crippen molar-refractivity contribution in [1.29, 1.82) is 0 Å². The fraction of sp³-hybridized carbons (Fsp3) is 0.462. The molecule has 0 aromatic heterocycles. The molecule has 0 bridgehead atoms. The second-order valence-electron chi connectivity index (χ2n) is 4.19. The average Bonchev–Trinajstić information content (AvgIpc) is 2.44. The number of esters is 1. The van der Waals surface area contributed by atoms with E-state index in [1.54, 1.807) is 31.2 Å². The van der Waals surface area contributed by atoms with Crippen molar-refractivity contribution in [1.82, 2.24) is 0 Å². The standard InChI is InChI=1S/C13H19NO4S/c1-3-19(16,17)11-6-4-10(5-7-11)12(14)8-9-13(15)18-2/h4-7,12H,3,8-9,14H2,1-2H3. The molecule has 1 rings (SSSR count). The van der Waals surface area contributed by atoms with E-state index in [2.05, 4.69) is 4.74 Å². The lowest BCUT2D eigenvalue weighted by Gasteiger charge is -2.12. The van der Waals surface area contributed by atoms with Crippen molar-refractivity contribution in [3.05, 3.63) is 29.8 Å². The van der Waals surface area contributed by atoms with Gasteiger partial charge in [-0.3, -0.25) is 4.79 Å². The van der Waals surface area contributed by atoms with Crippen LogP contribution in [0.25, 0.3) is 0 Å². The van der Waals surface area contributed by atoms with Crippen LogP contribution in [0, 0.1) is 0 Å². The van der Waals surface area contributed by atoms with Crippen LogP contribution in [-0.2, 0) is 19.4 Å². The number of methoxy groups -OCH3 is 1. The number of sulfone groups is 1. The van der Waals surface area contributed by atoms with Crippen LogP contribution in [0.15, 0.2) is 29.2 Å². The van der Waals surface area contributed by atoms with Gasteiger partial charge >= 0.3 is 5.97 Å². The van der Waals surface area contributed by atoms with Gasteiger partial charge in [0, 0.05) is 12.5 Å². The lowest BCUT2D eigenvalue weighted by Crippen LogP contribution is -2.13. The van der Waals surface area contributed by atoms with E-state index in [1.807, 2.05) is 0 Å². The predicted molar refractivity (Wildman–Crippen MR) is 72.3 cm³/mol. The van der Waals surface area contributed by atoms with Crippen molar-refractivity contribution in [3.8, 4) is 0 Å². The summed E-state index contributed by atoms with van der Waals surface area (Å²) >= 11 is 0. The smallest absolute Gasteiger partial charge is 0.305 e. The molecular weight excluding hydrogens is 266 g/mol. The first-order chi connectivity index (χ1) is 8.90. The van der Waals surface area contributed by atoms with Crippen molar-refractivity contribution in [3.63, 3.8) is 0 Å². The highest BCUT2D eigenvalue weighted by Crippen LogP contribution is 2.19. The van der Waals surface area contributed by atoms with Gasteiger partial charge in [0.25, 0.3) is 0 Å². The van der Waals surface area contributed by atoms with E-state index in [1.165, 1.54) is 7.11 Å². The summed E-state index contributed by atoms with van der Waals surface area (Å²) in [6.45, 7) is 1.60. The maximum Gasteiger partial charge on any atom is 0.305 e. The lowest BCUT2D eigenvalue weighted by molar-refractivity contribution is -0.140. The summed E-state index contributed by atoms with van der Waals surface area (Å²) < 4.78 is 27.8. The van der Waals surface area contributed by atoms with Gasteiger partial charge < -0.3 is 10.5 Å². The molecule has 0 spiro atoms. The molecule has 106 valence electrons. The van der Waals surface area contributed by atoms with Gasteiger partial charge in [-0.25, -0.2) is 8.42 Å². The summed E-state index contributed by atoms with van der Waals surface area (Å²) in [5, 5.41) is 0. The largest absolute Gasteiger partial charge is 0.469 e. The molecule has 0 heterocycles. The zero-order chi connectivity index (χ0) is 14.5. The maximum absolute atomic E-state index is 11.6. The number of hydrogen-bond acceptors (Lipinski definition) is 5. The molecule has 1 aromatic rings. The van der Waals surface area contributed by atoms with Gasteiger partial charge in [0.05, 0.1) is 17.8 Å². The fourth-order valence-electron chi connectivity index (χ4n) is 1.63. The minimum atomic E-state index is -3.19. The van der Waals surface area contributed by atoms with Gasteiger partial charge in [-0.15, -0.1) is 0 Å². The van der Waals surface area contributed by atoms with Crippen LogP contribution in [-0.4, -0.2) is 27.2 Å². The molecule has 0 aliphatic rings.